The van der Waals surface area contributed by atoms with Crippen molar-refractivity contribution in [3.8, 4) is 0 Å². The maximum Gasteiger partial charge on any atom is 0.231 e. The highest BCUT2D eigenvalue weighted by molar-refractivity contribution is 6.32. The summed E-state index contributed by atoms with van der Waals surface area (Å²) in [6.07, 6.45) is 11.7. The van der Waals surface area contributed by atoms with E-state index in [-0.39, 0.29) is 0 Å². The number of hydrogen-bond acceptors (Lipinski definition) is 4. The highest BCUT2D eigenvalue weighted by atomic mass is 35.5. The highest BCUT2D eigenvalue weighted by Gasteiger charge is 2.38. The Morgan fingerprint density at radius 3 is 2.75 bits per heavy atom. The first-order valence-corrected chi connectivity index (χ1v) is 7.75. The summed E-state index contributed by atoms with van der Waals surface area (Å²) in [6, 6.07) is 0. The lowest BCUT2D eigenvalue weighted by Crippen LogP contribution is -2.42. The van der Waals surface area contributed by atoms with Gasteiger partial charge in [-0.2, -0.15) is 0 Å². The van der Waals surface area contributed by atoms with Crippen LogP contribution in [0.25, 0.3) is 5.65 Å². The summed E-state index contributed by atoms with van der Waals surface area (Å²) < 4.78 is 1.96. The molecule has 1 aliphatic heterocycles. The van der Waals surface area contributed by atoms with Crippen LogP contribution in [0, 0.1) is 5.41 Å². The van der Waals surface area contributed by atoms with Gasteiger partial charge in [-0.05, 0) is 31.1 Å². The van der Waals surface area contributed by atoms with E-state index in [0.717, 1.165) is 19.0 Å². The third-order valence-corrected chi connectivity index (χ3v) is 5.14. The lowest BCUT2D eigenvalue weighted by molar-refractivity contribution is 0.238. The Balaban J connectivity index is 1.70. The van der Waals surface area contributed by atoms with Gasteiger partial charge in [0.1, 0.15) is 0 Å². The van der Waals surface area contributed by atoms with Crippen molar-refractivity contribution in [2.75, 3.05) is 18.0 Å². The summed E-state index contributed by atoms with van der Waals surface area (Å²) in [7, 11) is 0. The standard InChI is InChI=1S/C14H18ClN5/c15-11-12-17-18-13(20(12)9-7-16-11)19-8-3-6-14(10-19)4-1-2-5-14/h7,9H,1-6,8,10H2. The lowest BCUT2D eigenvalue weighted by Gasteiger charge is -2.40. The number of hydrogen-bond donors (Lipinski definition) is 0. The van der Waals surface area contributed by atoms with Crippen LogP contribution in [0.5, 0.6) is 0 Å². The van der Waals surface area contributed by atoms with Crippen molar-refractivity contribution >= 4 is 23.2 Å². The first kappa shape index (κ1) is 12.4. The molecule has 0 radical (unpaired) electrons. The minimum Gasteiger partial charge on any atom is -0.340 e. The van der Waals surface area contributed by atoms with Crippen molar-refractivity contribution in [2.24, 2.45) is 5.41 Å². The van der Waals surface area contributed by atoms with Gasteiger partial charge in [0.25, 0.3) is 0 Å². The smallest absolute Gasteiger partial charge is 0.231 e. The van der Waals surface area contributed by atoms with Crippen molar-refractivity contribution in [2.45, 2.75) is 38.5 Å². The Labute approximate surface area is 123 Å². The van der Waals surface area contributed by atoms with Crippen molar-refractivity contribution < 1.29 is 0 Å². The average molecular weight is 292 g/mol. The number of piperidine rings is 1. The second-order valence-electron chi connectivity index (χ2n) is 6.14. The van der Waals surface area contributed by atoms with E-state index in [0.29, 0.717) is 16.2 Å². The molecule has 1 saturated heterocycles. The van der Waals surface area contributed by atoms with Crippen LogP contribution in [0.15, 0.2) is 12.4 Å². The Morgan fingerprint density at radius 1 is 1.10 bits per heavy atom. The first-order valence-electron chi connectivity index (χ1n) is 7.38. The number of fused-ring (bicyclic) bond motifs is 1. The molecule has 0 bridgehead atoms. The molecule has 4 rings (SSSR count). The van der Waals surface area contributed by atoms with E-state index in [1.165, 1.54) is 38.5 Å². The summed E-state index contributed by atoms with van der Waals surface area (Å²) in [5.74, 6) is 0.912. The molecule has 0 atom stereocenters. The molecule has 20 heavy (non-hydrogen) atoms. The first-order chi connectivity index (χ1) is 9.77. The zero-order valence-corrected chi connectivity index (χ0v) is 12.2. The number of aromatic nitrogens is 4. The van der Waals surface area contributed by atoms with Gasteiger partial charge in [-0.3, -0.25) is 4.40 Å². The van der Waals surface area contributed by atoms with Crippen LogP contribution in [0.2, 0.25) is 5.15 Å². The van der Waals surface area contributed by atoms with Gasteiger partial charge in [0, 0.05) is 25.5 Å². The maximum atomic E-state index is 6.08. The monoisotopic (exact) mass is 291 g/mol. The molecule has 106 valence electrons. The number of anilines is 1. The number of halogens is 1. The molecule has 6 heteroatoms. The van der Waals surface area contributed by atoms with Gasteiger partial charge in [-0.1, -0.05) is 24.4 Å². The molecule has 3 heterocycles. The maximum absolute atomic E-state index is 6.08. The van der Waals surface area contributed by atoms with Crippen molar-refractivity contribution in [3.05, 3.63) is 17.5 Å². The highest BCUT2D eigenvalue weighted by Crippen LogP contribution is 2.45. The normalized spacial score (nSPS) is 21.9. The SMILES string of the molecule is Clc1nccn2c(N3CCCC4(CCCC4)C3)nnc12. The van der Waals surface area contributed by atoms with E-state index in [4.69, 9.17) is 11.6 Å². The van der Waals surface area contributed by atoms with E-state index in [2.05, 4.69) is 20.1 Å². The topological polar surface area (TPSA) is 46.3 Å². The third-order valence-electron chi connectivity index (χ3n) is 4.87. The van der Waals surface area contributed by atoms with Gasteiger partial charge in [-0.25, -0.2) is 4.98 Å². The Morgan fingerprint density at radius 2 is 1.90 bits per heavy atom. The van der Waals surface area contributed by atoms with Crippen LogP contribution in [-0.2, 0) is 0 Å². The molecule has 2 fully saturated rings. The predicted octanol–water partition coefficient (Wildman–Crippen LogP) is 2.94. The summed E-state index contributed by atoms with van der Waals surface area (Å²) in [4.78, 5) is 6.44. The molecular formula is C14H18ClN5. The largest absolute Gasteiger partial charge is 0.340 e. The molecule has 2 aliphatic rings. The van der Waals surface area contributed by atoms with Crippen LogP contribution in [0.1, 0.15) is 38.5 Å². The molecule has 0 unspecified atom stereocenters. The molecule has 1 saturated carbocycles. The number of nitrogens with zero attached hydrogens (tertiary/aromatic N) is 5. The Bertz CT molecular complexity index is 632. The van der Waals surface area contributed by atoms with Crippen LogP contribution in [0.3, 0.4) is 0 Å². The summed E-state index contributed by atoms with van der Waals surface area (Å²) >= 11 is 6.08. The van der Waals surface area contributed by atoms with Gasteiger partial charge >= 0.3 is 0 Å². The predicted molar refractivity (Wildman–Crippen MR) is 78.1 cm³/mol. The van der Waals surface area contributed by atoms with E-state index in [9.17, 15) is 0 Å². The fourth-order valence-corrected chi connectivity index (χ4v) is 4.10. The molecule has 1 aliphatic carbocycles. The summed E-state index contributed by atoms with van der Waals surface area (Å²) in [6.45, 7) is 2.16. The molecule has 0 N–H and O–H groups in total. The zero-order chi connectivity index (χ0) is 13.6. The van der Waals surface area contributed by atoms with Crippen LogP contribution >= 0.6 is 11.6 Å². The van der Waals surface area contributed by atoms with Crippen molar-refractivity contribution in [1.29, 1.82) is 0 Å². The molecule has 1 spiro atoms. The van der Waals surface area contributed by atoms with Gasteiger partial charge in [-0.15, -0.1) is 10.2 Å². The molecular weight excluding hydrogens is 274 g/mol. The quantitative estimate of drug-likeness (QED) is 0.810. The van der Waals surface area contributed by atoms with E-state index < -0.39 is 0 Å². The van der Waals surface area contributed by atoms with Crippen LogP contribution < -0.4 is 4.90 Å². The van der Waals surface area contributed by atoms with Gasteiger partial charge < -0.3 is 4.90 Å². The fourth-order valence-electron chi connectivity index (χ4n) is 3.91. The van der Waals surface area contributed by atoms with Gasteiger partial charge in [0.15, 0.2) is 10.8 Å². The minimum absolute atomic E-state index is 0.416. The zero-order valence-electron chi connectivity index (χ0n) is 11.4. The second-order valence-corrected chi connectivity index (χ2v) is 6.50. The van der Waals surface area contributed by atoms with E-state index >= 15 is 0 Å². The van der Waals surface area contributed by atoms with E-state index in [1.54, 1.807) is 6.20 Å². The second kappa shape index (κ2) is 4.58. The van der Waals surface area contributed by atoms with Gasteiger partial charge in [0.05, 0.1) is 0 Å². The fraction of sp³-hybridized carbons (Fsp3) is 0.643. The molecule has 5 nitrogen and oxygen atoms in total. The number of rotatable bonds is 1. The van der Waals surface area contributed by atoms with Crippen molar-refractivity contribution in [1.82, 2.24) is 19.6 Å². The molecule has 2 aromatic heterocycles. The van der Waals surface area contributed by atoms with E-state index in [1.807, 2.05) is 10.6 Å². The third kappa shape index (κ3) is 1.87. The average Bonchev–Trinajstić information content (AvgIpc) is 3.07. The molecule has 2 aromatic rings. The summed E-state index contributed by atoms with van der Waals surface area (Å²) in [5, 5.41) is 8.95. The Hall–Kier alpha value is -1.36. The molecule has 0 aromatic carbocycles. The van der Waals surface area contributed by atoms with Crippen molar-refractivity contribution in [3.63, 3.8) is 0 Å². The minimum atomic E-state index is 0.416. The summed E-state index contributed by atoms with van der Waals surface area (Å²) in [5.41, 5.74) is 1.16. The Kier molecular flexibility index (Phi) is 2.84. The van der Waals surface area contributed by atoms with Gasteiger partial charge in [0.2, 0.25) is 5.95 Å². The molecule has 0 amide bonds. The lowest BCUT2D eigenvalue weighted by atomic mass is 9.78. The van der Waals surface area contributed by atoms with Crippen LogP contribution in [-0.4, -0.2) is 32.7 Å². The van der Waals surface area contributed by atoms with Crippen LogP contribution in [0.4, 0.5) is 5.95 Å².